The average Bonchev–Trinajstić information content (AvgIpc) is 3.06. The quantitative estimate of drug-likeness (QED) is 0.888. The van der Waals surface area contributed by atoms with E-state index in [0.29, 0.717) is 11.6 Å². The number of aromatic amines is 1. The molecule has 1 amide bonds. The second-order valence-electron chi connectivity index (χ2n) is 6.90. The predicted octanol–water partition coefficient (Wildman–Crippen LogP) is 2.93. The highest BCUT2D eigenvalue weighted by Crippen LogP contribution is 2.15. The summed E-state index contributed by atoms with van der Waals surface area (Å²) in [5.74, 6) is 0.264. The minimum absolute atomic E-state index is 0.0790. The molecule has 1 atom stereocenters. The maximum absolute atomic E-state index is 12.4. The highest BCUT2D eigenvalue weighted by atomic mass is 16.2. The van der Waals surface area contributed by atoms with Gasteiger partial charge in [0.25, 0.3) is 5.91 Å². The van der Waals surface area contributed by atoms with Crippen LogP contribution in [0.2, 0.25) is 0 Å². The van der Waals surface area contributed by atoms with Gasteiger partial charge in [0, 0.05) is 24.8 Å². The van der Waals surface area contributed by atoms with E-state index < -0.39 is 0 Å². The molecule has 0 aliphatic carbocycles. The lowest BCUT2D eigenvalue weighted by molar-refractivity contribution is 0.0895. The highest BCUT2D eigenvalue weighted by molar-refractivity contribution is 5.92. The van der Waals surface area contributed by atoms with Crippen molar-refractivity contribution >= 4 is 5.91 Å². The molecular weight excluding hydrogens is 300 g/mol. The van der Waals surface area contributed by atoms with Crippen molar-refractivity contribution in [2.45, 2.75) is 45.2 Å². The van der Waals surface area contributed by atoms with E-state index in [0.717, 1.165) is 38.2 Å². The van der Waals surface area contributed by atoms with Gasteiger partial charge in [-0.2, -0.15) is 5.10 Å². The molecule has 1 aromatic heterocycles. The summed E-state index contributed by atoms with van der Waals surface area (Å²) >= 11 is 0. The molecule has 0 saturated carbocycles. The van der Waals surface area contributed by atoms with Gasteiger partial charge in [-0.15, -0.1) is 0 Å². The summed E-state index contributed by atoms with van der Waals surface area (Å²) in [6, 6.07) is 12.5. The molecule has 2 heterocycles. The number of hydrogen-bond acceptors (Lipinski definition) is 3. The molecule has 0 spiro atoms. The molecule has 2 aromatic rings. The van der Waals surface area contributed by atoms with E-state index >= 15 is 0 Å². The molecule has 128 valence electrons. The van der Waals surface area contributed by atoms with E-state index in [4.69, 9.17) is 0 Å². The molecule has 24 heavy (non-hydrogen) atoms. The molecular formula is C19H26N4O. The summed E-state index contributed by atoms with van der Waals surface area (Å²) < 4.78 is 0. The number of nitrogens with zero attached hydrogens (tertiary/aromatic N) is 2. The van der Waals surface area contributed by atoms with Crippen LogP contribution in [0.1, 0.15) is 54.4 Å². The number of rotatable bonds is 5. The van der Waals surface area contributed by atoms with Gasteiger partial charge in [-0.05, 0) is 36.9 Å². The first-order chi connectivity index (χ1) is 11.6. The first kappa shape index (κ1) is 16.7. The number of piperidine rings is 1. The minimum Gasteiger partial charge on any atom is -0.347 e. The SMILES string of the molecule is CC(C)c1cc(C(=O)N[C@@H]2CCCN(Cc3ccccc3)C2)n[nH]1. The van der Waals surface area contributed by atoms with E-state index in [9.17, 15) is 4.79 Å². The van der Waals surface area contributed by atoms with Gasteiger partial charge in [0.15, 0.2) is 0 Å². The first-order valence-electron chi connectivity index (χ1n) is 8.74. The molecule has 0 radical (unpaired) electrons. The van der Waals surface area contributed by atoms with Crippen molar-refractivity contribution < 1.29 is 4.79 Å². The number of carbonyl (C=O) groups is 1. The number of carbonyl (C=O) groups excluding carboxylic acids is 1. The fraction of sp³-hybridized carbons (Fsp3) is 0.474. The number of amides is 1. The largest absolute Gasteiger partial charge is 0.347 e. The van der Waals surface area contributed by atoms with Crippen LogP contribution in [-0.2, 0) is 6.54 Å². The summed E-state index contributed by atoms with van der Waals surface area (Å²) in [5.41, 5.74) is 2.80. The van der Waals surface area contributed by atoms with E-state index in [-0.39, 0.29) is 11.9 Å². The Labute approximate surface area is 143 Å². The number of aromatic nitrogens is 2. The van der Waals surface area contributed by atoms with Crippen LogP contribution in [0.4, 0.5) is 0 Å². The lowest BCUT2D eigenvalue weighted by Crippen LogP contribution is -2.47. The Hall–Kier alpha value is -2.14. The topological polar surface area (TPSA) is 61.0 Å². The van der Waals surface area contributed by atoms with Gasteiger partial charge in [-0.3, -0.25) is 14.8 Å². The van der Waals surface area contributed by atoms with Crippen LogP contribution in [0.3, 0.4) is 0 Å². The molecule has 5 nitrogen and oxygen atoms in total. The lowest BCUT2D eigenvalue weighted by atomic mass is 10.0. The smallest absolute Gasteiger partial charge is 0.272 e. The van der Waals surface area contributed by atoms with Crippen LogP contribution in [0.15, 0.2) is 36.4 Å². The van der Waals surface area contributed by atoms with E-state index in [2.05, 4.69) is 58.5 Å². The molecule has 5 heteroatoms. The second-order valence-corrected chi connectivity index (χ2v) is 6.90. The third-order valence-electron chi connectivity index (χ3n) is 4.54. The zero-order valence-corrected chi connectivity index (χ0v) is 14.5. The highest BCUT2D eigenvalue weighted by Gasteiger charge is 2.23. The number of nitrogens with one attached hydrogen (secondary N) is 2. The molecule has 3 rings (SSSR count). The fourth-order valence-corrected chi connectivity index (χ4v) is 3.17. The third kappa shape index (κ3) is 4.23. The van der Waals surface area contributed by atoms with Gasteiger partial charge in [0.05, 0.1) is 0 Å². The molecule has 1 saturated heterocycles. The Kier molecular flexibility index (Phi) is 5.30. The van der Waals surface area contributed by atoms with Crippen molar-refractivity contribution in [2.75, 3.05) is 13.1 Å². The standard InChI is InChI=1S/C19H26N4O/c1-14(2)17-11-18(22-21-17)19(24)20-16-9-6-10-23(13-16)12-15-7-4-3-5-8-15/h3-5,7-8,11,14,16H,6,9-10,12-13H2,1-2H3,(H,20,24)(H,21,22)/t16-/m1/s1. The van der Waals surface area contributed by atoms with Crippen LogP contribution in [-0.4, -0.2) is 40.1 Å². The van der Waals surface area contributed by atoms with Gasteiger partial charge in [-0.25, -0.2) is 0 Å². The Morgan fingerprint density at radius 3 is 2.88 bits per heavy atom. The van der Waals surface area contributed by atoms with E-state index in [1.54, 1.807) is 0 Å². The first-order valence-corrected chi connectivity index (χ1v) is 8.74. The third-order valence-corrected chi connectivity index (χ3v) is 4.54. The molecule has 1 fully saturated rings. The normalized spacial score (nSPS) is 18.7. The fourth-order valence-electron chi connectivity index (χ4n) is 3.17. The van der Waals surface area contributed by atoms with Gasteiger partial charge >= 0.3 is 0 Å². The zero-order valence-electron chi connectivity index (χ0n) is 14.5. The molecule has 1 aliphatic heterocycles. The van der Waals surface area contributed by atoms with Gasteiger partial charge in [-0.1, -0.05) is 44.2 Å². The Morgan fingerprint density at radius 1 is 1.38 bits per heavy atom. The zero-order chi connectivity index (χ0) is 16.9. The Balaban J connectivity index is 1.55. The van der Waals surface area contributed by atoms with Crippen molar-refractivity contribution in [1.82, 2.24) is 20.4 Å². The summed E-state index contributed by atoms with van der Waals surface area (Å²) in [5, 5.41) is 10.2. The lowest BCUT2D eigenvalue weighted by Gasteiger charge is -2.33. The van der Waals surface area contributed by atoms with Crippen LogP contribution < -0.4 is 5.32 Å². The molecule has 0 unspecified atom stereocenters. The monoisotopic (exact) mass is 326 g/mol. The number of hydrogen-bond donors (Lipinski definition) is 2. The van der Waals surface area contributed by atoms with Crippen LogP contribution >= 0.6 is 0 Å². The van der Waals surface area contributed by atoms with Gasteiger partial charge in [0.2, 0.25) is 0 Å². The summed E-state index contributed by atoms with van der Waals surface area (Å²) in [7, 11) is 0. The van der Waals surface area contributed by atoms with Crippen LogP contribution in [0.5, 0.6) is 0 Å². The molecule has 2 N–H and O–H groups in total. The maximum Gasteiger partial charge on any atom is 0.272 e. The number of likely N-dealkylation sites (tertiary alicyclic amines) is 1. The van der Waals surface area contributed by atoms with Gasteiger partial charge < -0.3 is 5.32 Å². The van der Waals surface area contributed by atoms with Crippen molar-refractivity contribution in [1.29, 1.82) is 0 Å². The Morgan fingerprint density at radius 2 is 2.17 bits per heavy atom. The summed E-state index contributed by atoms with van der Waals surface area (Å²) in [6.45, 7) is 7.08. The van der Waals surface area contributed by atoms with Crippen molar-refractivity contribution in [3.63, 3.8) is 0 Å². The second kappa shape index (κ2) is 7.62. The molecule has 0 bridgehead atoms. The molecule has 1 aromatic carbocycles. The Bertz CT molecular complexity index is 665. The van der Waals surface area contributed by atoms with Crippen molar-refractivity contribution in [3.05, 3.63) is 53.3 Å². The minimum atomic E-state index is -0.0790. The van der Waals surface area contributed by atoms with Crippen molar-refractivity contribution in [3.8, 4) is 0 Å². The van der Waals surface area contributed by atoms with Crippen LogP contribution in [0, 0.1) is 0 Å². The maximum atomic E-state index is 12.4. The number of H-pyrrole nitrogens is 1. The summed E-state index contributed by atoms with van der Waals surface area (Å²) in [4.78, 5) is 14.8. The molecule has 1 aliphatic rings. The van der Waals surface area contributed by atoms with Gasteiger partial charge in [0.1, 0.15) is 5.69 Å². The van der Waals surface area contributed by atoms with Crippen molar-refractivity contribution in [2.24, 2.45) is 0 Å². The summed E-state index contributed by atoms with van der Waals surface area (Å²) in [6.07, 6.45) is 2.13. The van der Waals surface area contributed by atoms with E-state index in [1.807, 2.05) is 12.1 Å². The number of benzene rings is 1. The van der Waals surface area contributed by atoms with Crippen LogP contribution in [0.25, 0.3) is 0 Å². The predicted molar refractivity (Wildman–Crippen MR) is 94.9 cm³/mol. The average molecular weight is 326 g/mol. The van der Waals surface area contributed by atoms with E-state index in [1.165, 1.54) is 5.56 Å².